The van der Waals surface area contributed by atoms with Crippen LogP contribution in [0.5, 0.6) is 5.75 Å². The first-order chi connectivity index (χ1) is 16.5. The Balaban J connectivity index is 1.73. The van der Waals surface area contributed by atoms with Crippen molar-refractivity contribution in [3.8, 4) is 17.0 Å². The van der Waals surface area contributed by atoms with Gasteiger partial charge in [-0.15, -0.1) is 0 Å². The maximum absolute atomic E-state index is 13.2. The van der Waals surface area contributed by atoms with Gasteiger partial charge >= 0.3 is 6.09 Å². The predicted octanol–water partition coefficient (Wildman–Crippen LogP) is 2.96. The summed E-state index contributed by atoms with van der Waals surface area (Å²) < 4.78 is 12.2. The zero-order valence-corrected chi connectivity index (χ0v) is 19.7. The van der Waals surface area contributed by atoms with Crippen LogP contribution in [0, 0.1) is 0 Å². The van der Waals surface area contributed by atoms with Crippen molar-refractivity contribution in [3.05, 3.63) is 76.6 Å². The molecule has 0 radical (unpaired) electrons. The molecule has 34 heavy (non-hydrogen) atoms. The van der Waals surface area contributed by atoms with Gasteiger partial charge in [0.05, 0.1) is 25.5 Å². The van der Waals surface area contributed by atoms with Gasteiger partial charge in [-0.1, -0.05) is 12.1 Å². The Hall–Kier alpha value is -3.72. The van der Waals surface area contributed by atoms with Gasteiger partial charge in [0.15, 0.2) is 0 Å². The maximum atomic E-state index is 13.2. The van der Waals surface area contributed by atoms with Crippen LogP contribution in [0.2, 0.25) is 0 Å². The minimum atomic E-state index is -0.388. The Morgan fingerprint density at radius 3 is 2.56 bits per heavy atom. The molecule has 3 heterocycles. The largest absolute Gasteiger partial charge is 0.497 e. The number of pyridine rings is 1. The normalized spacial score (nSPS) is 15.5. The van der Waals surface area contributed by atoms with Crippen molar-refractivity contribution in [2.75, 3.05) is 33.9 Å². The average molecular weight is 464 g/mol. The molecule has 3 aromatic rings. The van der Waals surface area contributed by atoms with E-state index in [2.05, 4.69) is 9.88 Å². The van der Waals surface area contributed by atoms with E-state index < -0.39 is 0 Å². The zero-order chi connectivity index (χ0) is 24.1. The van der Waals surface area contributed by atoms with Crippen LogP contribution in [0.3, 0.4) is 0 Å². The molecule has 2 aromatic heterocycles. The summed E-state index contributed by atoms with van der Waals surface area (Å²) in [4.78, 5) is 38.5. The fraction of sp³-hybridized carbons (Fsp3) is 0.360. The Morgan fingerprint density at radius 1 is 1.15 bits per heavy atom. The third kappa shape index (κ3) is 5.09. The average Bonchev–Trinajstić information content (AvgIpc) is 3.06. The first-order valence-electron chi connectivity index (χ1n) is 11.3. The summed E-state index contributed by atoms with van der Waals surface area (Å²) in [7, 11) is 3.61. The first kappa shape index (κ1) is 23.4. The second-order valence-electron chi connectivity index (χ2n) is 8.15. The standard InChI is InChI=1S/C25H29N5O4/c1-4-34-25(32)29-13-14-30-23(31)15-21(19-9-11-26-12-10-19)27-24(30)22(17-29)28(2)16-18-5-7-20(33-3)8-6-18/h5-12,15,22H,4,13-14,16-17H2,1-3H3. The summed E-state index contributed by atoms with van der Waals surface area (Å²) in [5.74, 6) is 1.41. The van der Waals surface area contributed by atoms with Crippen LogP contribution in [0.15, 0.2) is 59.7 Å². The number of fused-ring (bicyclic) bond motifs is 1. The summed E-state index contributed by atoms with van der Waals surface area (Å²) in [6.45, 7) is 3.75. The van der Waals surface area contributed by atoms with E-state index in [1.165, 1.54) is 0 Å². The topological polar surface area (TPSA) is 89.8 Å². The molecule has 1 atom stereocenters. The summed E-state index contributed by atoms with van der Waals surface area (Å²) in [6.07, 6.45) is 2.96. The molecule has 0 bridgehead atoms. The molecule has 0 N–H and O–H groups in total. The number of carbonyl (C=O) groups excluding carboxylic acids is 1. The summed E-state index contributed by atoms with van der Waals surface area (Å²) in [6, 6.07) is 12.7. The maximum Gasteiger partial charge on any atom is 0.409 e. The van der Waals surface area contributed by atoms with E-state index in [-0.39, 0.29) is 17.7 Å². The lowest BCUT2D eigenvalue weighted by molar-refractivity contribution is 0.0931. The van der Waals surface area contributed by atoms with E-state index >= 15 is 0 Å². The van der Waals surface area contributed by atoms with Gasteiger partial charge < -0.3 is 14.4 Å². The van der Waals surface area contributed by atoms with E-state index in [1.807, 2.05) is 43.4 Å². The van der Waals surface area contributed by atoms with Gasteiger partial charge in [-0.3, -0.25) is 19.2 Å². The number of ether oxygens (including phenoxy) is 2. The molecule has 1 amide bonds. The van der Waals surface area contributed by atoms with Crippen LogP contribution in [0.4, 0.5) is 4.79 Å². The van der Waals surface area contributed by atoms with Gasteiger partial charge in [-0.25, -0.2) is 9.78 Å². The third-order valence-electron chi connectivity index (χ3n) is 5.95. The molecule has 1 aromatic carbocycles. The SMILES string of the molecule is CCOC(=O)N1CCn2c(nc(-c3ccncc3)cc2=O)C(N(C)Cc2ccc(OC)cc2)C1. The van der Waals surface area contributed by atoms with Gasteiger partial charge in [-0.2, -0.15) is 0 Å². The van der Waals surface area contributed by atoms with Crippen LogP contribution >= 0.6 is 0 Å². The molecule has 0 saturated carbocycles. The van der Waals surface area contributed by atoms with Crippen molar-refractivity contribution in [1.82, 2.24) is 24.3 Å². The molecule has 9 heteroatoms. The Kier molecular flexibility index (Phi) is 7.22. The Labute approximate surface area is 198 Å². The lowest BCUT2D eigenvalue weighted by Crippen LogP contribution is -2.39. The fourth-order valence-electron chi connectivity index (χ4n) is 4.12. The highest BCUT2D eigenvalue weighted by Crippen LogP contribution is 2.26. The summed E-state index contributed by atoms with van der Waals surface area (Å²) in [5.41, 5.74) is 2.34. The third-order valence-corrected chi connectivity index (χ3v) is 5.95. The number of hydrogen-bond donors (Lipinski definition) is 0. The summed E-state index contributed by atoms with van der Waals surface area (Å²) in [5, 5.41) is 0. The van der Waals surface area contributed by atoms with Gasteiger partial charge in [0.2, 0.25) is 0 Å². The molecule has 9 nitrogen and oxygen atoms in total. The van der Waals surface area contributed by atoms with Crippen molar-refractivity contribution in [2.45, 2.75) is 26.1 Å². The number of likely N-dealkylation sites (N-methyl/N-ethyl adjacent to an activating group) is 1. The van der Waals surface area contributed by atoms with Crippen molar-refractivity contribution in [2.24, 2.45) is 0 Å². The smallest absolute Gasteiger partial charge is 0.409 e. The number of benzene rings is 1. The molecule has 1 aliphatic heterocycles. The Morgan fingerprint density at radius 2 is 1.88 bits per heavy atom. The van der Waals surface area contributed by atoms with Crippen molar-refractivity contribution in [1.29, 1.82) is 0 Å². The van der Waals surface area contributed by atoms with E-state index in [1.54, 1.807) is 42.0 Å². The highest BCUT2D eigenvalue weighted by Gasteiger charge is 2.31. The van der Waals surface area contributed by atoms with Crippen LogP contribution in [0.1, 0.15) is 24.4 Å². The minimum absolute atomic E-state index is 0.148. The fourth-order valence-corrected chi connectivity index (χ4v) is 4.12. The number of aromatic nitrogens is 3. The van der Waals surface area contributed by atoms with Crippen LogP contribution < -0.4 is 10.3 Å². The van der Waals surface area contributed by atoms with Crippen LogP contribution in [0.25, 0.3) is 11.3 Å². The number of methoxy groups -OCH3 is 1. The number of carbonyl (C=O) groups is 1. The Bertz CT molecular complexity index is 1180. The quantitative estimate of drug-likeness (QED) is 0.555. The van der Waals surface area contributed by atoms with E-state index in [4.69, 9.17) is 14.5 Å². The minimum Gasteiger partial charge on any atom is -0.497 e. The lowest BCUT2D eigenvalue weighted by atomic mass is 10.1. The lowest BCUT2D eigenvalue weighted by Gasteiger charge is -2.30. The zero-order valence-electron chi connectivity index (χ0n) is 19.7. The van der Waals surface area contributed by atoms with Crippen molar-refractivity contribution >= 4 is 6.09 Å². The second-order valence-corrected chi connectivity index (χ2v) is 8.15. The number of hydrogen-bond acceptors (Lipinski definition) is 7. The van der Waals surface area contributed by atoms with Crippen LogP contribution in [-0.2, 0) is 17.8 Å². The predicted molar refractivity (Wildman–Crippen MR) is 128 cm³/mol. The van der Waals surface area contributed by atoms with Gasteiger partial charge in [0.1, 0.15) is 11.6 Å². The van der Waals surface area contributed by atoms with Gasteiger partial charge in [0, 0.05) is 50.2 Å². The van der Waals surface area contributed by atoms with E-state index in [0.29, 0.717) is 44.3 Å². The second kappa shape index (κ2) is 10.5. The molecule has 0 spiro atoms. The highest BCUT2D eigenvalue weighted by atomic mass is 16.6. The molecular formula is C25H29N5O4. The first-order valence-corrected chi connectivity index (χ1v) is 11.3. The molecule has 1 aliphatic rings. The molecular weight excluding hydrogens is 434 g/mol. The number of nitrogens with zero attached hydrogens (tertiary/aromatic N) is 5. The number of rotatable bonds is 6. The monoisotopic (exact) mass is 463 g/mol. The highest BCUT2D eigenvalue weighted by molar-refractivity contribution is 5.67. The number of amides is 1. The van der Waals surface area contributed by atoms with E-state index in [9.17, 15) is 9.59 Å². The van der Waals surface area contributed by atoms with E-state index in [0.717, 1.165) is 16.9 Å². The molecule has 1 unspecified atom stereocenters. The van der Waals surface area contributed by atoms with Gasteiger partial charge in [0.25, 0.3) is 5.56 Å². The van der Waals surface area contributed by atoms with Crippen LogP contribution in [-0.4, -0.2) is 64.3 Å². The molecule has 4 rings (SSSR count). The molecule has 0 aliphatic carbocycles. The van der Waals surface area contributed by atoms with Crippen molar-refractivity contribution < 1.29 is 14.3 Å². The van der Waals surface area contributed by atoms with Crippen molar-refractivity contribution in [3.63, 3.8) is 0 Å². The van der Waals surface area contributed by atoms with Gasteiger partial charge in [-0.05, 0) is 43.8 Å². The summed E-state index contributed by atoms with van der Waals surface area (Å²) >= 11 is 0. The molecule has 0 fully saturated rings. The molecule has 178 valence electrons. The molecule has 0 saturated heterocycles.